The van der Waals surface area contributed by atoms with E-state index < -0.39 is 6.10 Å². The Bertz CT molecular complexity index is 339. The third-order valence-electron chi connectivity index (χ3n) is 3.21. The summed E-state index contributed by atoms with van der Waals surface area (Å²) in [7, 11) is 0. The topological polar surface area (TPSA) is 82.6 Å². The van der Waals surface area contributed by atoms with Gasteiger partial charge in [-0.05, 0) is 19.0 Å². The number of hydrogen-bond acceptors (Lipinski definition) is 5. The summed E-state index contributed by atoms with van der Waals surface area (Å²) in [6.07, 6.45) is 1.84. The van der Waals surface area contributed by atoms with Crippen LogP contribution < -0.4 is 5.73 Å². The monoisotopic (exact) mass is 253 g/mol. The number of likely N-dealkylation sites (N-methyl/N-ethyl adjacent to an activating group) is 1. The quantitative estimate of drug-likeness (QED) is 0.669. The molecule has 0 spiro atoms. The molecule has 0 aromatic carbocycles. The van der Waals surface area contributed by atoms with E-state index in [4.69, 9.17) is 5.73 Å². The number of anilines is 1. The second-order valence-corrected chi connectivity index (χ2v) is 4.36. The van der Waals surface area contributed by atoms with E-state index >= 15 is 0 Å². The van der Waals surface area contributed by atoms with Crippen LogP contribution in [0.1, 0.15) is 31.9 Å². The smallest absolute Gasteiger partial charge is 0.123 e. The molecule has 4 N–H and O–H groups in total. The molecule has 0 aliphatic rings. The van der Waals surface area contributed by atoms with Gasteiger partial charge in [0.2, 0.25) is 0 Å². The molecule has 0 fully saturated rings. The minimum Gasteiger partial charge on any atom is -0.395 e. The molecule has 5 nitrogen and oxygen atoms in total. The Hall–Kier alpha value is -1.17. The number of aliphatic hydroxyl groups is 2. The van der Waals surface area contributed by atoms with E-state index in [1.165, 1.54) is 0 Å². The van der Waals surface area contributed by atoms with Crippen molar-refractivity contribution in [2.24, 2.45) is 0 Å². The third-order valence-corrected chi connectivity index (χ3v) is 3.21. The number of rotatable bonds is 7. The predicted molar refractivity (Wildman–Crippen MR) is 72.0 cm³/mol. The lowest BCUT2D eigenvalue weighted by Crippen LogP contribution is -2.40. The Morgan fingerprint density at radius 2 is 2.11 bits per heavy atom. The molecule has 1 aromatic rings. The first kappa shape index (κ1) is 14.9. The van der Waals surface area contributed by atoms with Gasteiger partial charge in [-0.15, -0.1) is 0 Å². The zero-order valence-corrected chi connectivity index (χ0v) is 11.1. The van der Waals surface area contributed by atoms with Crippen molar-refractivity contribution in [1.82, 2.24) is 9.88 Å². The first-order chi connectivity index (χ1) is 8.62. The van der Waals surface area contributed by atoms with Gasteiger partial charge in [0.1, 0.15) is 5.82 Å². The van der Waals surface area contributed by atoms with Crippen LogP contribution in [-0.4, -0.2) is 45.8 Å². The van der Waals surface area contributed by atoms with E-state index in [0.717, 1.165) is 18.5 Å². The summed E-state index contributed by atoms with van der Waals surface area (Å²) >= 11 is 0. The van der Waals surface area contributed by atoms with Gasteiger partial charge in [0, 0.05) is 24.3 Å². The Morgan fingerprint density at radius 1 is 1.39 bits per heavy atom. The maximum absolute atomic E-state index is 10.1. The van der Waals surface area contributed by atoms with E-state index in [0.29, 0.717) is 12.4 Å². The molecule has 18 heavy (non-hydrogen) atoms. The first-order valence-corrected chi connectivity index (χ1v) is 6.36. The summed E-state index contributed by atoms with van der Waals surface area (Å²) in [5.74, 6) is 0.445. The maximum Gasteiger partial charge on any atom is 0.123 e. The van der Waals surface area contributed by atoms with Crippen molar-refractivity contribution in [1.29, 1.82) is 0 Å². The van der Waals surface area contributed by atoms with Crippen LogP contribution in [0.2, 0.25) is 0 Å². The minimum absolute atomic E-state index is 0.0893. The summed E-state index contributed by atoms with van der Waals surface area (Å²) in [5.41, 5.74) is 6.26. The second kappa shape index (κ2) is 7.31. The molecule has 5 heteroatoms. The van der Waals surface area contributed by atoms with Crippen LogP contribution in [0, 0.1) is 0 Å². The lowest BCUT2D eigenvalue weighted by Gasteiger charge is -2.30. The van der Waals surface area contributed by atoms with Gasteiger partial charge in [0.15, 0.2) is 0 Å². The van der Waals surface area contributed by atoms with E-state index in [2.05, 4.69) is 9.88 Å². The van der Waals surface area contributed by atoms with Crippen LogP contribution in [0.15, 0.2) is 18.3 Å². The number of pyridine rings is 1. The van der Waals surface area contributed by atoms with E-state index in [1.807, 2.05) is 13.8 Å². The molecule has 0 unspecified atom stereocenters. The van der Waals surface area contributed by atoms with Crippen LogP contribution >= 0.6 is 0 Å². The first-order valence-electron chi connectivity index (χ1n) is 6.36. The zero-order valence-electron chi connectivity index (χ0n) is 11.1. The normalized spacial score (nSPS) is 14.7. The SMILES string of the molecule is CC[C@@H](CO)N(CC)C[C@@H](O)c1ccc(N)nc1. The fraction of sp³-hybridized carbons (Fsp3) is 0.615. The molecule has 2 atom stereocenters. The molecule has 0 saturated heterocycles. The van der Waals surface area contributed by atoms with Gasteiger partial charge in [-0.1, -0.05) is 19.9 Å². The fourth-order valence-electron chi connectivity index (χ4n) is 1.98. The summed E-state index contributed by atoms with van der Waals surface area (Å²) < 4.78 is 0. The van der Waals surface area contributed by atoms with Crippen molar-refractivity contribution in [3.05, 3.63) is 23.9 Å². The number of aromatic nitrogens is 1. The lowest BCUT2D eigenvalue weighted by molar-refractivity contribution is 0.0638. The molecular formula is C13H23N3O2. The molecule has 102 valence electrons. The molecular weight excluding hydrogens is 230 g/mol. The maximum atomic E-state index is 10.1. The molecule has 0 aliphatic heterocycles. The summed E-state index contributed by atoms with van der Waals surface area (Å²) in [6.45, 7) is 5.43. The van der Waals surface area contributed by atoms with Crippen molar-refractivity contribution in [2.45, 2.75) is 32.4 Å². The van der Waals surface area contributed by atoms with Crippen molar-refractivity contribution >= 4 is 5.82 Å². The number of aliphatic hydroxyl groups excluding tert-OH is 2. The highest BCUT2D eigenvalue weighted by atomic mass is 16.3. The Kier molecular flexibility index (Phi) is 6.04. The Morgan fingerprint density at radius 3 is 2.56 bits per heavy atom. The van der Waals surface area contributed by atoms with Crippen LogP contribution in [-0.2, 0) is 0 Å². The van der Waals surface area contributed by atoms with Crippen LogP contribution in [0.3, 0.4) is 0 Å². The zero-order chi connectivity index (χ0) is 13.5. The summed E-state index contributed by atoms with van der Waals surface area (Å²) in [5, 5.41) is 19.4. The molecule has 0 saturated carbocycles. The number of nitrogens with two attached hydrogens (primary N) is 1. The van der Waals surface area contributed by atoms with Gasteiger partial charge >= 0.3 is 0 Å². The summed E-state index contributed by atoms with van der Waals surface area (Å²) in [4.78, 5) is 6.04. The fourth-order valence-corrected chi connectivity index (χ4v) is 1.98. The van der Waals surface area contributed by atoms with Crippen molar-refractivity contribution < 1.29 is 10.2 Å². The van der Waals surface area contributed by atoms with Gasteiger partial charge in [-0.25, -0.2) is 4.98 Å². The summed E-state index contributed by atoms with van der Waals surface area (Å²) in [6, 6.07) is 3.55. The molecule has 1 heterocycles. The van der Waals surface area contributed by atoms with Gasteiger partial charge in [-0.2, -0.15) is 0 Å². The van der Waals surface area contributed by atoms with E-state index in [-0.39, 0.29) is 12.6 Å². The lowest BCUT2D eigenvalue weighted by atomic mass is 10.1. The second-order valence-electron chi connectivity index (χ2n) is 4.36. The Labute approximate surface area is 108 Å². The molecule has 1 rings (SSSR count). The highest BCUT2D eigenvalue weighted by Crippen LogP contribution is 2.16. The highest BCUT2D eigenvalue weighted by Gasteiger charge is 2.18. The van der Waals surface area contributed by atoms with Crippen molar-refractivity contribution in [3.8, 4) is 0 Å². The highest BCUT2D eigenvalue weighted by molar-refractivity contribution is 5.30. The number of hydrogen-bond donors (Lipinski definition) is 3. The standard InChI is InChI=1S/C13H23N3O2/c1-3-11(9-17)16(4-2)8-12(18)10-5-6-13(14)15-7-10/h5-7,11-12,17-18H,3-4,8-9H2,1-2H3,(H2,14,15)/t11-,12+/m0/s1. The van der Waals surface area contributed by atoms with Crippen LogP contribution in [0.4, 0.5) is 5.82 Å². The molecule has 0 radical (unpaired) electrons. The van der Waals surface area contributed by atoms with Gasteiger partial charge < -0.3 is 15.9 Å². The van der Waals surface area contributed by atoms with Gasteiger partial charge in [0.05, 0.1) is 12.7 Å². The average molecular weight is 253 g/mol. The molecule has 0 bridgehead atoms. The van der Waals surface area contributed by atoms with Gasteiger partial charge in [-0.3, -0.25) is 4.90 Å². The van der Waals surface area contributed by atoms with Crippen molar-refractivity contribution in [3.63, 3.8) is 0 Å². The van der Waals surface area contributed by atoms with E-state index in [9.17, 15) is 10.2 Å². The average Bonchev–Trinajstić information content (AvgIpc) is 2.39. The van der Waals surface area contributed by atoms with Gasteiger partial charge in [0.25, 0.3) is 0 Å². The largest absolute Gasteiger partial charge is 0.395 e. The van der Waals surface area contributed by atoms with Crippen LogP contribution in [0.25, 0.3) is 0 Å². The predicted octanol–water partition coefficient (Wildman–Crippen LogP) is 0.790. The molecule has 1 aromatic heterocycles. The minimum atomic E-state index is -0.612. The van der Waals surface area contributed by atoms with Crippen molar-refractivity contribution in [2.75, 3.05) is 25.4 Å². The number of nitrogen functional groups attached to an aromatic ring is 1. The molecule has 0 amide bonds. The van der Waals surface area contributed by atoms with Crippen LogP contribution in [0.5, 0.6) is 0 Å². The van der Waals surface area contributed by atoms with E-state index in [1.54, 1.807) is 18.3 Å². The Balaban J connectivity index is 2.66. The number of nitrogens with zero attached hydrogens (tertiary/aromatic N) is 2. The third kappa shape index (κ3) is 3.94. The molecule has 0 aliphatic carbocycles.